The van der Waals surface area contributed by atoms with Gasteiger partial charge in [-0.25, -0.2) is 0 Å². The van der Waals surface area contributed by atoms with Crippen molar-refractivity contribution in [2.75, 3.05) is 19.8 Å². The van der Waals surface area contributed by atoms with Crippen molar-refractivity contribution in [3.05, 3.63) is 78.0 Å². The van der Waals surface area contributed by atoms with Crippen LogP contribution in [0, 0.1) is 0 Å². The molecule has 31 heavy (non-hydrogen) atoms. The first-order chi connectivity index (χ1) is 15.2. The van der Waals surface area contributed by atoms with Gasteiger partial charge in [0.15, 0.2) is 16.6 Å². The van der Waals surface area contributed by atoms with E-state index >= 15 is 0 Å². The van der Waals surface area contributed by atoms with E-state index in [-0.39, 0.29) is 0 Å². The molecule has 0 atom stereocenters. The van der Waals surface area contributed by atoms with Crippen LogP contribution in [0.4, 0.5) is 0 Å². The highest BCUT2D eigenvalue weighted by atomic mass is 32.1. The van der Waals surface area contributed by atoms with Crippen molar-refractivity contribution in [3.8, 4) is 11.5 Å². The van der Waals surface area contributed by atoms with Crippen molar-refractivity contribution in [2.45, 2.75) is 33.4 Å². The van der Waals surface area contributed by atoms with Crippen molar-refractivity contribution in [1.82, 2.24) is 15.2 Å². The Morgan fingerprint density at radius 2 is 1.87 bits per heavy atom. The molecule has 164 valence electrons. The van der Waals surface area contributed by atoms with Crippen molar-refractivity contribution in [2.24, 2.45) is 0 Å². The zero-order valence-electron chi connectivity index (χ0n) is 18.0. The molecule has 0 aliphatic rings. The fourth-order valence-electron chi connectivity index (χ4n) is 3.15. The van der Waals surface area contributed by atoms with Gasteiger partial charge in [0, 0.05) is 12.7 Å². The maximum atomic E-state index is 5.72. The topological polar surface area (TPSA) is 59.8 Å². The molecule has 0 amide bonds. The van der Waals surface area contributed by atoms with Gasteiger partial charge >= 0.3 is 0 Å². The fraction of sp³-hybridized carbons (Fsp3) is 0.333. The molecular formula is C24H29N3O3S. The molecule has 7 heteroatoms. The number of rotatable bonds is 11. The molecule has 0 bridgehead atoms. The quantitative estimate of drug-likeness (QED) is 0.439. The molecule has 2 heterocycles. The van der Waals surface area contributed by atoms with E-state index in [1.165, 1.54) is 0 Å². The van der Waals surface area contributed by atoms with Crippen molar-refractivity contribution in [1.29, 1.82) is 0 Å². The first kappa shape index (κ1) is 22.6. The SMILES string of the molecule is CCOc1ccc(CCNC(=S)N(Cc2ccccn2)Cc2ccco2)cc1OCC. The molecule has 6 nitrogen and oxygen atoms in total. The number of thiocarbonyl (C=S) groups is 1. The van der Waals surface area contributed by atoms with E-state index in [1.807, 2.05) is 56.3 Å². The highest BCUT2D eigenvalue weighted by Crippen LogP contribution is 2.28. The van der Waals surface area contributed by atoms with Gasteiger partial charge in [-0.2, -0.15) is 0 Å². The van der Waals surface area contributed by atoms with Crippen LogP contribution in [-0.2, 0) is 19.5 Å². The van der Waals surface area contributed by atoms with E-state index in [0.29, 0.717) is 38.0 Å². The molecule has 0 spiro atoms. The van der Waals surface area contributed by atoms with E-state index in [4.69, 9.17) is 26.1 Å². The molecule has 3 aromatic rings. The summed E-state index contributed by atoms with van der Waals surface area (Å²) in [5.74, 6) is 2.41. The van der Waals surface area contributed by atoms with Gasteiger partial charge < -0.3 is 24.1 Å². The summed E-state index contributed by atoms with van der Waals surface area (Å²) < 4.78 is 16.9. The number of hydrogen-bond acceptors (Lipinski definition) is 5. The predicted molar refractivity (Wildman–Crippen MR) is 125 cm³/mol. The number of furan rings is 1. The lowest BCUT2D eigenvalue weighted by atomic mass is 10.1. The zero-order valence-corrected chi connectivity index (χ0v) is 18.9. The van der Waals surface area contributed by atoms with Crippen molar-refractivity contribution >= 4 is 17.3 Å². The Hall–Kier alpha value is -3.06. The second kappa shape index (κ2) is 12.0. The smallest absolute Gasteiger partial charge is 0.169 e. The molecule has 2 aromatic heterocycles. The highest BCUT2D eigenvalue weighted by molar-refractivity contribution is 7.80. The largest absolute Gasteiger partial charge is 0.490 e. The van der Waals surface area contributed by atoms with E-state index in [9.17, 15) is 0 Å². The van der Waals surface area contributed by atoms with Crippen molar-refractivity contribution in [3.63, 3.8) is 0 Å². The van der Waals surface area contributed by atoms with Crippen LogP contribution in [0.3, 0.4) is 0 Å². The molecule has 0 saturated heterocycles. The number of benzene rings is 1. The molecule has 0 aliphatic heterocycles. The first-order valence-corrected chi connectivity index (χ1v) is 10.9. The van der Waals surface area contributed by atoms with Gasteiger partial charge in [-0.3, -0.25) is 4.98 Å². The Kier molecular flexibility index (Phi) is 8.72. The minimum absolute atomic E-state index is 0.576. The standard InChI is InChI=1S/C24H29N3O3S/c1-3-28-22-11-10-19(16-23(22)29-4-2)12-14-26-24(31)27(18-21-9-7-15-30-21)17-20-8-5-6-13-25-20/h5-11,13,15-16H,3-4,12,14,17-18H2,1-2H3,(H,26,31). The lowest BCUT2D eigenvalue weighted by molar-refractivity contribution is 0.287. The summed E-state index contributed by atoms with van der Waals surface area (Å²) in [6, 6.07) is 15.8. The summed E-state index contributed by atoms with van der Waals surface area (Å²) in [4.78, 5) is 6.48. The maximum absolute atomic E-state index is 5.72. The Morgan fingerprint density at radius 3 is 2.58 bits per heavy atom. The van der Waals surface area contributed by atoms with E-state index in [0.717, 1.165) is 34.9 Å². The normalized spacial score (nSPS) is 10.5. The Morgan fingerprint density at radius 1 is 1.03 bits per heavy atom. The van der Waals surface area contributed by atoms with Gasteiger partial charge in [0.25, 0.3) is 0 Å². The molecule has 0 unspecified atom stereocenters. The van der Waals surface area contributed by atoms with Gasteiger partial charge in [0.1, 0.15) is 5.76 Å². The second-order valence-corrected chi connectivity index (χ2v) is 7.27. The summed E-state index contributed by atoms with van der Waals surface area (Å²) in [5, 5.41) is 4.04. The summed E-state index contributed by atoms with van der Waals surface area (Å²) in [7, 11) is 0. The van der Waals surface area contributed by atoms with Gasteiger partial charge in [0.2, 0.25) is 0 Å². The lowest BCUT2D eigenvalue weighted by Crippen LogP contribution is -2.39. The van der Waals surface area contributed by atoms with E-state index < -0.39 is 0 Å². The summed E-state index contributed by atoms with van der Waals surface area (Å²) in [6.45, 7) is 7.02. The van der Waals surface area contributed by atoms with Crippen molar-refractivity contribution < 1.29 is 13.9 Å². The Balaban J connectivity index is 1.60. The van der Waals surface area contributed by atoms with Crippen LogP contribution < -0.4 is 14.8 Å². The third-order valence-corrected chi connectivity index (χ3v) is 4.99. The summed E-state index contributed by atoms with van der Waals surface area (Å²) in [5.41, 5.74) is 2.11. The van der Waals surface area contributed by atoms with E-state index in [2.05, 4.69) is 21.3 Å². The van der Waals surface area contributed by atoms with Gasteiger partial charge in [-0.15, -0.1) is 0 Å². The third kappa shape index (κ3) is 7.00. The molecule has 1 N–H and O–H groups in total. The number of hydrogen-bond donors (Lipinski definition) is 1. The van der Waals surface area contributed by atoms with Crippen LogP contribution in [-0.4, -0.2) is 34.8 Å². The zero-order chi connectivity index (χ0) is 21.9. The Bertz CT molecular complexity index is 933. The molecule has 0 aliphatic carbocycles. The average molecular weight is 440 g/mol. The number of pyridine rings is 1. The lowest BCUT2D eigenvalue weighted by Gasteiger charge is -2.25. The number of nitrogens with zero attached hydrogens (tertiary/aromatic N) is 2. The van der Waals surface area contributed by atoms with Crippen LogP contribution in [0.25, 0.3) is 0 Å². The minimum atomic E-state index is 0.576. The monoisotopic (exact) mass is 439 g/mol. The number of ether oxygens (including phenoxy) is 2. The summed E-state index contributed by atoms with van der Waals surface area (Å²) >= 11 is 5.69. The van der Waals surface area contributed by atoms with Crippen LogP contribution in [0.15, 0.2) is 65.4 Å². The number of nitrogens with one attached hydrogen (secondary N) is 1. The molecular weight excluding hydrogens is 410 g/mol. The average Bonchev–Trinajstić information content (AvgIpc) is 3.29. The molecule has 0 saturated carbocycles. The number of aromatic nitrogens is 1. The van der Waals surface area contributed by atoms with Gasteiger partial charge in [-0.1, -0.05) is 12.1 Å². The summed E-state index contributed by atoms with van der Waals surface area (Å²) in [6.07, 6.45) is 4.27. The van der Waals surface area contributed by atoms with Crippen LogP contribution in [0.1, 0.15) is 30.9 Å². The highest BCUT2D eigenvalue weighted by Gasteiger charge is 2.13. The molecule has 0 fully saturated rings. The van der Waals surface area contributed by atoms with Crippen LogP contribution in [0.5, 0.6) is 11.5 Å². The second-order valence-electron chi connectivity index (χ2n) is 6.89. The van der Waals surface area contributed by atoms with Crippen LogP contribution >= 0.6 is 12.2 Å². The fourth-order valence-corrected chi connectivity index (χ4v) is 3.39. The maximum Gasteiger partial charge on any atom is 0.169 e. The molecule has 3 rings (SSSR count). The van der Waals surface area contributed by atoms with Crippen LogP contribution in [0.2, 0.25) is 0 Å². The Labute approximate surface area is 189 Å². The predicted octanol–water partition coefficient (Wildman–Crippen LogP) is 4.59. The third-order valence-electron chi connectivity index (χ3n) is 4.59. The molecule has 1 aromatic carbocycles. The van der Waals surface area contributed by atoms with Gasteiger partial charge in [0.05, 0.1) is 38.3 Å². The van der Waals surface area contributed by atoms with Gasteiger partial charge in [-0.05, 0) is 74.4 Å². The minimum Gasteiger partial charge on any atom is -0.490 e. The van der Waals surface area contributed by atoms with E-state index in [1.54, 1.807) is 12.5 Å². The first-order valence-electron chi connectivity index (χ1n) is 10.5. The molecule has 0 radical (unpaired) electrons.